The van der Waals surface area contributed by atoms with Gasteiger partial charge in [-0.05, 0) is 57.0 Å². The Balaban J connectivity index is 1.08. The van der Waals surface area contributed by atoms with E-state index in [1.54, 1.807) is 0 Å². The number of furan rings is 1. The molecule has 8 aromatic carbocycles. The van der Waals surface area contributed by atoms with Crippen LogP contribution in [0, 0.1) is 0 Å². The van der Waals surface area contributed by atoms with E-state index in [4.69, 9.17) is 19.4 Å². The van der Waals surface area contributed by atoms with Crippen LogP contribution in [0.2, 0.25) is 0 Å². The quantitative estimate of drug-likeness (QED) is 0.176. The van der Waals surface area contributed by atoms with Crippen molar-refractivity contribution >= 4 is 32.7 Å². The van der Waals surface area contributed by atoms with Crippen molar-refractivity contribution in [2.75, 3.05) is 0 Å². The van der Waals surface area contributed by atoms with Gasteiger partial charge in [0.2, 0.25) is 0 Å². The number of hydrogen-bond acceptors (Lipinski definition) is 4. The average molecular weight is 678 g/mol. The molecule has 0 aliphatic carbocycles. The second kappa shape index (κ2) is 12.9. The largest absolute Gasteiger partial charge is 0.455 e. The molecule has 53 heavy (non-hydrogen) atoms. The first kappa shape index (κ1) is 30.6. The van der Waals surface area contributed by atoms with Gasteiger partial charge in [-0.15, -0.1) is 0 Å². The van der Waals surface area contributed by atoms with E-state index in [-0.39, 0.29) is 0 Å². The molecule has 0 amide bonds. The lowest BCUT2D eigenvalue weighted by molar-refractivity contribution is 0.673. The minimum atomic E-state index is 0.637. The van der Waals surface area contributed by atoms with Crippen molar-refractivity contribution in [1.82, 2.24) is 15.0 Å². The molecule has 2 aromatic heterocycles. The van der Waals surface area contributed by atoms with Crippen molar-refractivity contribution < 1.29 is 4.42 Å². The van der Waals surface area contributed by atoms with Crippen molar-refractivity contribution in [3.8, 4) is 67.5 Å². The molecule has 0 saturated heterocycles. The lowest BCUT2D eigenvalue weighted by atomic mass is 9.90. The third-order valence-corrected chi connectivity index (χ3v) is 9.92. The minimum Gasteiger partial charge on any atom is -0.455 e. The summed E-state index contributed by atoms with van der Waals surface area (Å²) in [6.45, 7) is 0. The van der Waals surface area contributed by atoms with Gasteiger partial charge in [0.15, 0.2) is 17.5 Å². The van der Waals surface area contributed by atoms with Crippen molar-refractivity contribution in [3.05, 3.63) is 188 Å². The van der Waals surface area contributed by atoms with E-state index in [2.05, 4.69) is 121 Å². The van der Waals surface area contributed by atoms with Crippen molar-refractivity contribution in [3.63, 3.8) is 0 Å². The summed E-state index contributed by atoms with van der Waals surface area (Å²) >= 11 is 0. The van der Waals surface area contributed by atoms with Gasteiger partial charge in [0.1, 0.15) is 11.2 Å². The first-order valence-corrected chi connectivity index (χ1v) is 17.8. The summed E-state index contributed by atoms with van der Waals surface area (Å²) in [6.07, 6.45) is 0. The summed E-state index contributed by atoms with van der Waals surface area (Å²) < 4.78 is 6.72. The highest BCUT2D eigenvalue weighted by molar-refractivity contribution is 6.24. The summed E-state index contributed by atoms with van der Waals surface area (Å²) in [4.78, 5) is 14.7. The van der Waals surface area contributed by atoms with E-state index >= 15 is 0 Å². The zero-order valence-electron chi connectivity index (χ0n) is 28.6. The molecule has 0 aliphatic rings. The van der Waals surface area contributed by atoms with Crippen LogP contribution >= 0.6 is 0 Å². The van der Waals surface area contributed by atoms with Crippen molar-refractivity contribution in [2.45, 2.75) is 0 Å². The van der Waals surface area contributed by atoms with E-state index in [0.29, 0.717) is 17.5 Å². The van der Waals surface area contributed by atoms with Gasteiger partial charge in [-0.25, -0.2) is 15.0 Å². The highest BCUT2D eigenvalue weighted by Crippen LogP contribution is 2.44. The number of benzene rings is 8. The molecule has 10 rings (SSSR count). The number of rotatable bonds is 6. The van der Waals surface area contributed by atoms with E-state index in [1.807, 2.05) is 66.7 Å². The molecular weight excluding hydrogens is 647 g/mol. The molecule has 0 bridgehead atoms. The van der Waals surface area contributed by atoms with Crippen molar-refractivity contribution in [1.29, 1.82) is 0 Å². The lowest BCUT2D eigenvalue weighted by Gasteiger charge is -2.13. The molecule has 0 spiro atoms. The van der Waals surface area contributed by atoms with Gasteiger partial charge in [-0.2, -0.15) is 0 Å². The van der Waals surface area contributed by atoms with Crippen LogP contribution in [0.1, 0.15) is 0 Å². The molecule has 4 nitrogen and oxygen atoms in total. The maximum atomic E-state index is 6.72. The third kappa shape index (κ3) is 5.54. The first-order chi connectivity index (χ1) is 26.3. The van der Waals surface area contributed by atoms with Crippen LogP contribution in [0.3, 0.4) is 0 Å². The van der Waals surface area contributed by atoms with Crippen LogP contribution in [0.5, 0.6) is 0 Å². The van der Waals surface area contributed by atoms with E-state index in [1.165, 1.54) is 5.56 Å². The van der Waals surface area contributed by atoms with Gasteiger partial charge in [0.05, 0.1) is 0 Å². The van der Waals surface area contributed by atoms with Gasteiger partial charge in [0.25, 0.3) is 0 Å². The zero-order valence-corrected chi connectivity index (χ0v) is 28.6. The Morgan fingerprint density at radius 1 is 0.321 bits per heavy atom. The van der Waals surface area contributed by atoms with E-state index in [9.17, 15) is 0 Å². The van der Waals surface area contributed by atoms with Crippen molar-refractivity contribution in [2.24, 2.45) is 0 Å². The fraction of sp³-hybridized carbons (Fsp3) is 0. The van der Waals surface area contributed by atoms with Crippen LogP contribution in [-0.2, 0) is 0 Å². The van der Waals surface area contributed by atoms with Gasteiger partial charge in [-0.3, -0.25) is 0 Å². The van der Waals surface area contributed by atoms with Gasteiger partial charge in [0, 0.05) is 32.8 Å². The van der Waals surface area contributed by atoms with E-state index < -0.39 is 0 Å². The molecule has 0 unspecified atom stereocenters. The van der Waals surface area contributed by atoms with E-state index in [0.717, 1.165) is 77.2 Å². The lowest BCUT2D eigenvalue weighted by Crippen LogP contribution is -2.00. The molecule has 2 heterocycles. The van der Waals surface area contributed by atoms with Crippen LogP contribution in [-0.4, -0.2) is 15.0 Å². The maximum absolute atomic E-state index is 6.72. The molecule has 248 valence electrons. The highest BCUT2D eigenvalue weighted by Gasteiger charge is 2.19. The Bertz CT molecular complexity index is 2860. The first-order valence-electron chi connectivity index (χ1n) is 17.8. The summed E-state index contributed by atoms with van der Waals surface area (Å²) in [6, 6.07) is 65.2. The summed E-state index contributed by atoms with van der Waals surface area (Å²) in [7, 11) is 0. The standard InChI is InChI=1S/C49H31N3O/c1-4-14-33(15-5-1)40-24-13-22-39-31-42(45-41-23-10-11-25-43(41)53-46(45)44(39)40)38-21-12-20-37(30-38)32-26-28-36(29-27-32)49-51-47(34-16-6-2-7-17-34)50-48(52-49)35-18-8-3-9-19-35/h1-31H. The number of fused-ring (bicyclic) bond motifs is 5. The SMILES string of the molecule is c1ccc(-c2nc(-c3ccccc3)nc(-c3ccc(-c4cccc(-c5cc6cccc(-c7ccccc7)c6c6oc7ccccc7c56)c4)cc3)n2)cc1. The third-order valence-electron chi connectivity index (χ3n) is 9.92. The molecular formula is C49H31N3O. The minimum absolute atomic E-state index is 0.637. The molecule has 0 atom stereocenters. The highest BCUT2D eigenvalue weighted by atomic mass is 16.3. The van der Waals surface area contributed by atoms with Crippen LogP contribution in [0.25, 0.3) is 100 Å². The molecule has 0 saturated carbocycles. The number of aromatic nitrogens is 3. The monoisotopic (exact) mass is 677 g/mol. The Hall–Kier alpha value is -7.17. The second-order valence-electron chi connectivity index (χ2n) is 13.2. The smallest absolute Gasteiger partial charge is 0.164 e. The molecule has 0 radical (unpaired) electrons. The van der Waals surface area contributed by atoms with Crippen LogP contribution < -0.4 is 0 Å². The second-order valence-corrected chi connectivity index (χ2v) is 13.2. The molecule has 0 fully saturated rings. The summed E-state index contributed by atoms with van der Waals surface area (Å²) in [5.41, 5.74) is 11.5. The molecule has 0 aliphatic heterocycles. The summed E-state index contributed by atoms with van der Waals surface area (Å²) in [5.74, 6) is 1.93. The molecule has 10 aromatic rings. The number of para-hydroxylation sites is 1. The van der Waals surface area contributed by atoms with Gasteiger partial charge in [-0.1, -0.05) is 170 Å². The number of nitrogens with zero attached hydrogens (tertiary/aromatic N) is 3. The predicted molar refractivity (Wildman–Crippen MR) is 217 cm³/mol. The maximum Gasteiger partial charge on any atom is 0.164 e. The average Bonchev–Trinajstić information content (AvgIpc) is 3.64. The van der Waals surface area contributed by atoms with Crippen LogP contribution in [0.4, 0.5) is 0 Å². The molecule has 4 heteroatoms. The number of hydrogen-bond donors (Lipinski definition) is 0. The Morgan fingerprint density at radius 2 is 0.830 bits per heavy atom. The Morgan fingerprint density at radius 3 is 1.49 bits per heavy atom. The van der Waals surface area contributed by atoms with Crippen LogP contribution in [0.15, 0.2) is 192 Å². The Kier molecular flexibility index (Phi) is 7.43. The fourth-order valence-electron chi connectivity index (χ4n) is 7.36. The zero-order chi connectivity index (χ0) is 35.1. The normalized spacial score (nSPS) is 11.4. The van der Waals surface area contributed by atoms with Gasteiger partial charge >= 0.3 is 0 Å². The molecule has 0 N–H and O–H groups in total. The fourth-order valence-corrected chi connectivity index (χ4v) is 7.36. The summed E-state index contributed by atoms with van der Waals surface area (Å²) in [5, 5.41) is 4.51. The van der Waals surface area contributed by atoms with Gasteiger partial charge < -0.3 is 4.42 Å². The topological polar surface area (TPSA) is 51.8 Å². The predicted octanol–water partition coefficient (Wildman–Crippen LogP) is 12.9. The Labute approximate surface area is 306 Å².